The summed E-state index contributed by atoms with van der Waals surface area (Å²) in [5.74, 6) is 0.607. The van der Waals surface area contributed by atoms with Crippen LogP contribution in [-0.4, -0.2) is 44.8 Å². The van der Waals surface area contributed by atoms with E-state index < -0.39 is 0 Å². The van der Waals surface area contributed by atoms with Crippen molar-refractivity contribution < 1.29 is 9.53 Å². The number of ether oxygens (including phenoxy) is 1. The average molecular weight is 391 g/mol. The molecular weight excluding hydrogens is 372 g/mol. The molecule has 1 amide bonds. The molecule has 4 rings (SSSR count). The van der Waals surface area contributed by atoms with Crippen LogP contribution in [0.2, 0.25) is 0 Å². The van der Waals surface area contributed by atoms with Crippen LogP contribution in [0.1, 0.15) is 42.1 Å². The first-order chi connectivity index (χ1) is 11.7. The van der Waals surface area contributed by atoms with Gasteiger partial charge in [0.1, 0.15) is 0 Å². The number of piperidine rings is 1. The summed E-state index contributed by atoms with van der Waals surface area (Å²) < 4.78 is 8.10. The van der Waals surface area contributed by atoms with E-state index >= 15 is 0 Å². The molecule has 0 saturated carbocycles. The predicted octanol–water partition coefficient (Wildman–Crippen LogP) is 3.06. The van der Waals surface area contributed by atoms with Crippen molar-refractivity contribution in [3.05, 3.63) is 40.8 Å². The van der Waals surface area contributed by atoms with Crippen LogP contribution in [0.3, 0.4) is 0 Å². The van der Waals surface area contributed by atoms with Crippen molar-refractivity contribution in [2.45, 2.75) is 43.8 Å². The molecule has 0 radical (unpaired) electrons. The van der Waals surface area contributed by atoms with E-state index in [1.165, 1.54) is 0 Å². The maximum atomic E-state index is 12.9. The Morgan fingerprint density at radius 1 is 1.21 bits per heavy atom. The van der Waals surface area contributed by atoms with Crippen molar-refractivity contribution in [1.82, 2.24) is 19.7 Å². The minimum atomic E-state index is 0.0812. The van der Waals surface area contributed by atoms with Crippen LogP contribution in [0.5, 0.6) is 5.88 Å². The highest BCUT2D eigenvalue weighted by molar-refractivity contribution is 9.10. The first kappa shape index (κ1) is 15.6. The number of methoxy groups -OCH3 is 1. The summed E-state index contributed by atoms with van der Waals surface area (Å²) in [6.07, 6.45) is 9.51. The second-order valence-electron chi connectivity index (χ2n) is 6.45. The standard InChI is InChI=1S/C17H19BrN4O2/c1-24-16-5-2-11(8-19-16)17(23)22-13-3-4-14(22)7-15(6-13)21-10-12(18)9-20-21/h2,5,8-10,13-15H,3-4,6-7H2,1H3. The average Bonchev–Trinajstić information content (AvgIpc) is 3.15. The van der Waals surface area contributed by atoms with E-state index in [1.54, 1.807) is 25.4 Å². The maximum absolute atomic E-state index is 12.9. The van der Waals surface area contributed by atoms with Gasteiger partial charge in [-0.1, -0.05) is 0 Å². The fourth-order valence-electron chi connectivity index (χ4n) is 3.99. The van der Waals surface area contributed by atoms with Gasteiger partial charge in [-0.05, 0) is 47.7 Å². The van der Waals surface area contributed by atoms with Gasteiger partial charge < -0.3 is 9.64 Å². The molecule has 0 spiro atoms. The summed E-state index contributed by atoms with van der Waals surface area (Å²) in [7, 11) is 1.57. The zero-order valence-corrected chi connectivity index (χ0v) is 15.0. The molecule has 7 heteroatoms. The number of hydrogen-bond acceptors (Lipinski definition) is 4. The molecule has 2 fully saturated rings. The summed E-state index contributed by atoms with van der Waals surface area (Å²) in [5, 5.41) is 4.43. The minimum Gasteiger partial charge on any atom is -0.481 e. The number of fused-ring (bicyclic) bond motifs is 2. The topological polar surface area (TPSA) is 60.2 Å². The Hall–Kier alpha value is -1.89. The van der Waals surface area contributed by atoms with E-state index in [2.05, 4.69) is 30.9 Å². The SMILES string of the molecule is COc1ccc(C(=O)N2C3CCC2CC(n2cc(Br)cn2)C3)cn1. The molecular formula is C17H19BrN4O2. The Labute approximate surface area is 148 Å². The number of carbonyl (C=O) groups is 1. The van der Waals surface area contributed by atoms with E-state index in [-0.39, 0.29) is 18.0 Å². The highest BCUT2D eigenvalue weighted by atomic mass is 79.9. The van der Waals surface area contributed by atoms with Gasteiger partial charge in [0.25, 0.3) is 5.91 Å². The molecule has 2 bridgehead atoms. The lowest BCUT2D eigenvalue weighted by atomic mass is 9.96. The normalized spacial score (nSPS) is 25.8. The Balaban J connectivity index is 1.52. The first-order valence-electron chi connectivity index (χ1n) is 8.18. The van der Waals surface area contributed by atoms with E-state index in [4.69, 9.17) is 4.74 Å². The van der Waals surface area contributed by atoms with E-state index in [1.807, 2.05) is 17.1 Å². The number of hydrogen-bond donors (Lipinski definition) is 0. The predicted molar refractivity (Wildman–Crippen MR) is 92.0 cm³/mol. The summed E-state index contributed by atoms with van der Waals surface area (Å²) >= 11 is 3.46. The molecule has 2 aliphatic rings. The number of rotatable bonds is 3. The van der Waals surface area contributed by atoms with Crippen LogP contribution in [0.4, 0.5) is 0 Å². The van der Waals surface area contributed by atoms with Crippen molar-refractivity contribution in [2.24, 2.45) is 0 Å². The third-order valence-corrected chi connectivity index (χ3v) is 5.49. The number of halogens is 1. The highest BCUT2D eigenvalue weighted by Gasteiger charge is 2.44. The summed E-state index contributed by atoms with van der Waals surface area (Å²) in [4.78, 5) is 19.2. The second kappa shape index (κ2) is 6.20. The molecule has 2 unspecified atom stereocenters. The molecule has 6 nitrogen and oxygen atoms in total. The quantitative estimate of drug-likeness (QED) is 0.807. The number of pyridine rings is 1. The molecule has 0 aromatic carbocycles. The summed E-state index contributed by atoms with van der Waals surface area (Å²) in [6.45, 7) is 0. The third kappa shape index (κ3) is 2.70. The fourth-order valence-corrected chi connectivity index (χ4v) is 4.29. The van der Waals surface area contributed by atoms with Gasteiger partial charge in [0.2, 0.25) is 5.88 Å². The van der Waals surface area contributed by atoms with Crippen molar-refractivity contribution in [3.63, 3.8) is 0 Å². The van der Waals surface area contributed by atoms with Gasteiger partial charge in [0, 0.05) is 30.5 Å². The van der Waals surface area contributed by atoms with Crippen molar-refractivity contribution in [2.75, 3.05) is 7.11 Å². The molecule has 2 aliphatic heterocycles. The van der Waals surface area contributed by atoms with Crippen LogP contribution in [0.15, 0.2) is 35.2 Å². The molecule has 2 aromatic rings. The van der Waals surface area contributed by atoms with Gasteiger partial charge in [-0.3, -0.25) is 9.48 Å². The number of nitrogens with zero attached hydrogens (tertiary/aromatic N) is 4. The van der Waals surface area contributed by atoms with E-state index in [9.17, 15) is 4.79 Å². The highest BCUT2D eigenvalue weighted by Crippen LogP contribution is 2.41. The second-order valence-corrected chi connectivity index (χ2v) is 7.37. The third-order valence-electron chi connectivity index (χ3n) is 5.08. The lowest BCUT2D eigenvalue weighted by molar-refractivity contribution is 0.0523. The van der Waals surface area contributed by atoms with Crippen molar-refractivity contribution >= 4 is 21.8 Å². The monoisotopic (exact) mass is 390 g/mol. The molecule has 24 heavy (non-hydrogen) atoms. The molecule has 2 saturated heterocycles. The molecule has 4 heterocycles. The molecule has 0 aliphatic carbocycles. The van der Waals surface area contributed by atoms with Gasteiger partial charge in [0.05, 0.1) is 29.4 Å². The Kier molecular flexibility index (Phi) is 4.04. The zero-order valence-electron chi connectivity index (χ0n) is 13.4. The van der Waals surface area contributed by atoms with Gasteiger partial charge in [-0.2, -0.15) is 5.10 Å². The van der Waals surface area contributed by atoms with Crippen LogP contribution < -0.4 is 4.74 Å². The van der Waals surface area contributed by atoms with Crippen LogP contribution >= 0.6 is 15.9 Å². The Bertz CT molecular complexity index is 731. The van der Waals surface area contributed by atoms with E-state index in [0.717, 1.165) is 30.2 Å². The molecule has 2 aromatic heterocycles. The fraction of sp³-hybridized carbons (Fsp3) is 0.471. The number of aromatic nitrogens is 3. The van der Waals surface area contributed by atoms with Crippen LogP contribution in [0.25, 0.3) is 0 Å². The van der Waals surface area contributed by atoms with Gasteiger partial charge in [-0.25, -0.2) is 4.98 Å². The van der Waals surface area contributed by atoms with Crippen LogP contribution in [-0.2, 0) is 0 Å². The molecule has 126 valence electrons. The summed E-state index contributed by atoms with van der Waals surface area (Å²) in [5.41, 5.74) is 0.632. The van der Waals surface area contributed by atoms with Gasteiger partial charge in [0.15, 0.2) is 0 Å². The first-order valence-corrected chi connectivity index (χ1v) is 8.97. The Morgan fingerprint density at radius 2 is 1.96 bits per heavy atom. The largest absolute Gasteiger partial charge is 0.481 e. The van der Waals surface area contributed by atoms with Crippen molar-refractivity contribution in [1.29, 1.82) is 0 Å². The van der Waals surface area contributed by atoms with Crippen molar-refractivity contribution in [3.8, 4) is 5.88 Å². The van der Waals surface area contributed by atoms with Crippen LogP contribution in [0, 0.1) is 0 Å². The minimum absolute atomic E-state index is 0.0812. The molecule has 0 N–H and O–H groups in total. The number of amides is 1. The molecule has 2 atom stereocenters. The lowest BCUT2D eigenvalue weighted by Crippen LogP contribution is -2.47. The maximum Gasteiger partial charge on any atom is 0.255 e. The zero-order chi connectivity index (χ0) is 16.7. The number of carbonyl (C=O) groups excluding carboxylic acids is 1. The smallest absolute Gasteiger partial charge is 0.255 e. The van der Waals surface area contributed by atoms with Gasteiger partial charge >= 0.3 is 0 Å². The van der Waals surface area contributed by atoms with E-state index in [0.29, 0.717) is 17.5 Å². The Morgan fingerprint density at radius 3 is 2.50 bits per heavy atom. The summed E-state index contributed by atoms with van der Waals surface area (Å²) in [6, 6.07) is 4.47. The lowest BCUT2D eigenvalue weighted by Gasteiger charge is -2.39. The van der Waals surface area contributed by atoms with Gasteiger partial charge in [-0.15, -0.1) is 0 Å².